The smallest absolute Gasteiger partial charge is 0.0498 e. The molecule has 1 rings (SSSR count). The molecular weight excluding hydrogens is 218 g/mol. The number of likely N-dealkylation sites (N-methyl/N-ethyl adjacent to an activating group) is 1. The van der Waals surface area contributed by atoms with Gasteiger partial charge in [-0.1, -0.05) is 49.3 Å². The molecule has 0 saturated carbocycles. The minimum atomic E-state index is 0.386. The minimum Gasteiger partial charge on any atom is -0.307 e. The van der Waals surface area contributed by atoms with Gasteiger partial charge in [0.2, 0.25) is 0 Å². The van der Waals surface area contributed by atoms with Crippen molar-refractivity contribution in [2.24, 2.45) is 0 Å². The Bertz CT molecular complexity index is 394. The molecule has 1 N–H and O–H groups in total. The lowest BCUT2D eigenvalue weighted by Crippen LogP contribution is -2.31. The first-order chi connectivity index (χ1) is 8.63. The Hall–Kier alpha value is -1.08. The third kappa shape index (κ3) is 4.30. The lowest BCUT2D eigenvalue weighted by molar-refractivity contribution is 0.638. The molecule has 1 heteroatoms. The van der Waals surface area contributed by atoms with Crippen LogP contribution in [0.25, 0.3) is 0 Å². The van der Waals surface area contributed by atoms with Crippen molar-refractivity contribution in [2.45, 2.75) is 53.5 Å². The second-order valence-electron chi connectivity index (χ2n) is 4.98. The van der Waals surface area contributed by atoms with Gasteiger partial charge in [-0.2, -0.15) is 0 Å². The Kier molecular flexibility index (Phi) is 6.14. The quantitative estimate of drug-likeness (QED) is 0.649. The predicted octanol–water partition coefficient (Wildman–Crippen LogP) is 4.54. The highest BCUT2D eigenvalue weighted by Crippen LogP contribution is 2.32. The zero-order chi connectivity index (χ0) is 13.5. The molecule has 1 aliphatic carbocycles. The minimum absolute atomic E-state index is 0.386. The van der Waals surface area contributed by atoms with Gasteiger partial charge in [-0.3, -0.25) is 0 Å². The molecule has 0 aromatic heterocycles. The second-order valence-corrected chi connectivity index (χ2v) is 4.98. The van der Waals surface area contributed by atoms with E-state index in [0.29, 0.717) is 6.04 Å². The summed E-state index contributed by atoms with van der Waals surface area (Å²) < 4.78 is 0. The van der Waals surface area contributed by atoms with Crippen LogP contribution >= 0.6 is 0 Å². The van der Waals surface area contributed by atoms with Gasteiger partial charge in [-0.15, -0.1) is 0 Å². The molecule has 0 spiro atoms. The molecule has 1 nitrogen and oxygen atoms in total. The molecule has 100 valence electrons. The van der Waals surface area contributed by atoms with Crippen molar-refractivity contribution in [1.82, 2.24) is 5.32 Å². The summed E-state index contributed by atoms with van der Waals surface area (Å²) in [4.78, 5) is 0. The number of rotatable bonds is 7. The van der Waals surface area contributed by atoms with Gasteiger partial charge in [0.1, 0.15) is 0 Å². The van der Waals surface area contributed by atoms with Crippen molar-refractivity contribution in [2.75, 3.05) is 6.54 Å². The Morgan fingerprint density at radius 1 is 1.39 bits per heavy atom. The van der Waals surface area contributed by atoms with Crippen LogP contribution in [0.15, 0.2) is 46.6 Å². The van der Waals surface area contributed by atoms with E-state index in [1.54, 1.807) is 5.57 Å². The monoisotopic (exact) mass is 245 g/mol. The van der Waals surface area contributed by atoms with Crippen LogP contribution in [0.2, 0.25) is 0 Å². The van der Waals surface area contributed by atoms with Crippen LogP contribution in [0.4, 0.5) is 0 Å². The standard InChI is InChI=1S/C17H27N/c1-6-9-10-15(7-2)17(18-8-3)14(5)12-16-11-13(16)4/h6,9-10,12,17-18H,7-8,11H2,1-5H3/b9-6-,14-12+,15-10+. The fraction of sp³-hybridized carbons (Fsp3) is 0.529. The van der Waals surface area contributed by atoms with E-state index in [9.17, 15) is 0 Å². The van der Waals surface area contributed by atoms with Crippen LogP contribution in [0, 0.1) is 0 Å². The molecule has 18 heavy (non-hydrogen) atoms. The van der Waals surface area contributed by atoms with Gasteiger partial charge < -0.3 is 5.32 Å². The predicted molar refractivity (Wildman–Crippen MR) is 81.7 cm³/mol. The molecule has 0 aliphatic heterocycles. The van der Waals surface area contributed by atoms with E-state index in [4.69, 9.17) is 0 Å². The molecule has 1 aliphatic rings. The Balaban J connectivity index is 2.89. The summed E-state index contributed by atoms with van der Waals surface area (Å²) in [5.41, 5.74) is 5.96. The highest BCUT2D eigenvalue weighted by atomic mass is 14.9. The molecule has 0 fully saturated rings. The van der Waals surface area contributed by atoms with Gasteiger partial charge in [0, 0.05) is 6.04 Å². The first-order valence-corrected chi connectivity index (χ1v) is 7.05. The van der Waals surface area contributed by atoms with E-state index in [-0.39, 0.29) is 0 Å². The number of hydrogen-bond donors (Lipinski definition) is 1. The van der Waals surface area contributed by atoms with Crippen LogP contribution in [-0.4, -0.2) is 12.6 Å². The van der Waals surface area contributed by atoms with Crippen LogP contribution in [0.1, 0.15) is 47.5 Å². The van der Waals surface area contributed by atoms with E-state index in [0.717, 1.165) is 13.0 Å². The maximum atomic E-state index is 3.60. The average molecular weight is 245 g/mol. The highest BCUT2D eigenvalue weighted by molar-refractivity contribution is 5.45. The number of nitrogens with one attached hydrogen (secondary N) is 1. The molecule has 0 amide bonds. The molecule has 0 radical (unpaired) electrons. The van der Waals surface area contributed by atoms with Gasteiger partial charge >= 0.3 is 0 Å². The normalized spacial score (nSPS) is 18.7. The molecule has 1 atom stereocenters. The summed E-state index contributed by atoms with van der Waals surface area (Å²) >= 11 is 0. The number of hydrogen-bond acceptors (Lipinski definition) is 1. The molecule has 0 bridgehead atoms. The molecule has 1 unspecified atom stereocenters. The van der Waals surface area contributed by atoms with Gasteiger partial charge in [-0.05, 0) is 51.3 Å². The highest BCUT2D eigenvalue weighted by Gasteiger charge is 2.18. The maximum Gasteiger partial charge on any atom is 0.0498 e. The van der Waals surface area contributed by atoms with Gasteiger partial charge in [0.25, 0.3) is 0 Å². The summed E-state index contributed by atoms with van der Waals surface area (Å²) in [6.07, 6.45) is 11.1. The van der Waals surface area contributed by atoms with E-state index in [1.807, 2.05) is 0 Å². The number of allylic oxidation sites excluding steroid dienone is 6. The Labute approximate surface area is 112 Å². The van der Waals surface area contributed by atoms with E-state index in [1.165, 1.54) is 23.1 Å². The molecular formula is C17H27N. The van der Waals surface area contributed by atoms with Crippen molar-refractivity contribution in [3.8, 4) is 0 Å². The molecule has 0 aromatic rings. The molecule has 0 aromatic carbocycles. The lowest BCUT2D eigenvalue weighted by Gasteiger charge is -2.21. The van der Waals surface area contributed by atoms with E-state index in [2.05, 4.69) is 64.2 Å². The second kappa shape index (κ2) is 7.38. The zero-order valence-corrected chi connectivity index (χ0v) is 12.5. The zero-order valence-electron chi connectivity index (χ0n) is 12.5. The summed E-state index contributed by atoms with van der Waals surface area (Å²) in [5, 5.41) is 3.60. The van der Waals surface area contributed by atoms with Gasteiger partial charge in [-0.25, -0.2) is 0 Å². The summed E-state index contributed by atoms with van der Waals surface area (Å²) in [7, 11) is 0. The summed E-state index contributed by atoms with van der Waals surface area (Å²) in [5.74, 6) is 0. The molecule has 0 heterocycles. The SMILES string of the molecule is C/C=C\C=C(/CC)C(NCC)/C(C)=C/C1=C(C)C1. The topological polar surface area (TPSA) is 12.0 Å². The van der Waals surface area contributed by atoms with Crippen molar-refractivity contribution in [1.29, 1.82) is 0 Å². The first-order valence-electron chi connectivity index (χ1n) is 7.05. The Morgan fingerprint density at radius 2 is 2.06 bits per heavy atom. The molecule has 0 saturated heterocycles. The summed E-state index contributed by atoms with van der Waals surface area (Å²) in [6, 6.07) is 0.386. The Morgan fingerprint density at radius 3 is 2.50 bits per heavy atom. The van der Waals surface area contributed by atoms with Gasteiger partial charge in [0.05, 0.1) is 0 Å². The van der Waals surface area contributed by atoms with Crippen LogP contribution in [0.3, 0.4) is 0 Å². The van der Waals surface area contributed by atoms with Crippen molar-refractivity contribution < 1.29 is 0 Å². The van der Waals surface area contributed by atoms with Crippen molar-refractivity contribution in [3.05, 3.63) is 46.6 Å². The van der Waals surface area contributed by atoms with Crippen LogP contribution < -0.4 is 5.32 Å². The maximum absolute atomic E-state index is 3.60. The lowest BCUT2D eigenvalue weighted by atomic mass is 9.96. The summed E-state index contributed by atoms with van der Waals surface area (Å²) in [6.45, 7) is 11.9. The van der Waals surface area contributed by atoms with Gasteiger partial charge in [0.15, 0.2) is 0 Å². The van der Waals surface area contributed by atoms with Crippen molar-refractivity contribution in [3.63, 3.8) is 0 Å². The fourth-order valence-electron chi connectivity index (χ4n) is 2.20. The van der Waals surface area contributed by atoms with Crippen LogP contribution in [0.5, 0.6) is 0 Å². The van der Waals surface area contributed by atoms with Crippen LogP contribution in [-0.2, 0) is 0 Å². The average Bonchev–Trinajstić information content (AvgIpc) is 3.04. The third-order valence-electron chi connectivity index (χ3n) is 3.43. The van der Waals surface area contributed by atoms with E-state index < -0.39 is 0 Å². The largest absolute Gasteiger partial charge is 0.307 e. The fourth-order valence-corrected chi connectivity index (χ4v) is 2.20. The van der Waals surface area contributed by atoms with E-state index >= 15 is 0 Å². The van der Waals surface area contributed by atoms with Crippen molar-refractivity contribution >= 4 is 0 Å². The first kappa shape index (κ1) is 15.0. The third-order valence-corrected chi connectivity index (χ3v) is 3.43.